The van der Waals surface area contributed by atoms with Crippen molar-refractivity contribution in [3.05, 3.63) is 12.1 Å². The van der Waals surface area contributed by atoms with E-state index in [2.05, 4.69) is 9.88 Å². The van der Waals surface area contributed by atoms with Crippen LogP contribution in [0.3, 0.4) is 0 Å². The molecule has 0 atom stereocenters. The number of hydrogen-bond acceptors (Lipinski definition) is 6. The van der Waals surface area contributed by atoms with E-state index >= 15 is 0 Å². The minimum absolute atomic E-state index is 0.0609. The van der Waals surface area contributed by atoms with Gasteiger partial charge in [0.05, 0.1) is 20.1 Å². The number of benzene rings is 1. The van der Waals surface area contributed by atoms with E-state index in [0.29, 0.717) is 13.1 Å². The van der Waals surface area contributed by atoms with Crippen LogP contribution in [-0.2, 0) is 4.79 Å². The van der Waals surface area contributed by atoms with Crippen LogP contribution < -0.4 is 14.4 Å². The van der Waals surface area contributed by atoms with Crippen molar-refractivity contribution in [3.63, 3.8) is 0 Å². The lowest BCUT2D eigenvalue weighted by Gasteiger charge is -2.39. The van der Waals surface area contributed by atoms with Crippen LogP contribution in [0.15, 0.2) is 12.1 Å². The summed E-state index contributed by atoms with van der Waals surface area (Å²) < 4.78 is 11.7. The second-order valence-corrected chi connectivity index (χ2v) is 6.46. The molecule has 1 aliphatic rings. The van der Waals surface area contributed by atoms with Gasteiger partial charge in [-0.05, 0) is 12.1 Å². The molecule has 0 saturated carbocycles. The van der Waals surface area contributed by atoms with Gasteiger partial charge in [-0.1, -0.05) is 11.3 Å². The second kappa shape index (κ2) is 5.64. The van der Waals surface area contributed by atoms with Crippen molar-refractivity contribution in [2.45, 2.75) is 0 Å². The molecule has 2 aromatic rings. The summed E-state index contributed by atoms with van der Waals surface area (Å²) >= 11 is 1.57. The molecule has 1 amide bonds. The fourth-order valence-electron chi connectivity index (χ4n) is 2.57. The lowest BCUT2D eigenvalue weighted by Crippen LogP contribution is -2.53. The number of carbonyl (C=O) groups is 1. The number of methoxy groups -OCH3 is 2. The van der Waals surface area contributed by atoms with Crippen LogP contribution in [0.2, 0.25) is 0 Å². The Balaban J connectivity index is 1.86. The molecule has 1 aromatic heterocycles. The topological polar surface area (TPSA) is 54.9 Å². The minimum atomic E-state index is 0.0609. The molecule has 6 nitrogen and oxygen atoms in total. The quantitative estimate of drug-likeness (QED) is 0.860. The number of ether oxygens (including phenoxy) is 2. The zero-order valence-electron chi connectivity index (χ0n) is 13.1. The molecule has 1 aliphatic heterocycles. The van der Waals surface area contributed by atoms with Gasteiger partial charge in [0.1, 0.15) is 21.7 Å². The lowest BCUT2D eigenvalue weighted by molar-refractivity contribution is -0.133. The van der Waals surface area contributed by atoms with Crippen molar-refractivity contribution in [3.8, 4) is 11.5 Å². The summed E-state index contributed by atoms with van der Waals surface area (Å²) in [5, 5.41) is 0.903. The number of nitrogens with zero attached hydrogens (tertiary/aromatic N) is 3. The van der Waals surface area contributed by atoms with Crippen molar-refractivity contribution in [2.24, 2.45) is 5.92 Å². The monoisotopic (exact) mass is 321 g/mol. The Morgan fingerprint density at radius 1 is 1.27 bits per heavy atom. The first kappa shape index (κ1) is 14.9. The van der Waals surface area contributed by atoms with Gasteiger partial charge in [-0.2, -0.15) is 0 Å². The Morgan fingerprint density at radius 3 is 2.50 bits per heavy atom. The molecule has 1 aromatic carbocycles. The summed E-state index contributed by atoms with van der Waals surface area (Å²) in [5.41, 5.74) is 0.809. The van der Waals surface area contributed by atoms with E-state index in [-0.39, 0.29) is 11.8 Å². The van der Waals surface area contributed by atoms with Crippen LogP contribution in [0, 0.1) is 5.92 Å². The van der Waals surface area contributed by atoms with Crippen molar-refractivity contribution in [2.75, 3.05) is 46.3 Å². The number of aromatic nitrogens is 1. The number of hydrogen-bond donors (Lipinski definition) is 0. The average molecular weight is 321 g/mol. The van der Waals surface area contributed by atoms with Gasteiger partial charge in [0.2, 0.25) is 5.91 Å². The van der Waals surface area contributed by atoms with Gasteiger partial charge in [-0.15, -0.1) is 0 Å². The normalized spacial score (nSPS) is 14.8. The zero-order valence-corrected chi connectivity index (χ0v) is 13.9. The molecule has 0 bridgehead atoms. The van der Waals surface area contributed by atoms with E-state index in [1.165, 1.54) is 0 Å². The maximum absolute atomic E-state index is 11.9. The van der Waals surface area contributed by atoms with E-state index in [0.717, 1.165) is 26.8 Å². The summed E-state index contributed by atoms with van der Waals surface area (Å²) in [4.78, 5) is 20.4. The van der Waals surface area contributed by atoms with Gasteiger partial charge in [0.15, 0.2) is 5.13 Å². The van der Waals surface area contributed by atoms with Gasteiger partial charge in [-0.25, -0.2) is 4.98 Å². The molecule has 1 fully saturated rings. The molecular formula is C15H19N3O3S. The Bertz CT molecular complexity index is 666. The first-order valence-electron chi connectivity index (χ1n) is 7.02. The molecular weight excluding hydrogens is 302 g/mol. The highest BCUT2D eigenvalue weighted by atomic mass is 32.1. The van der Waals surface area contributed by atoms with Crippen LogP contribution in [0.25, 0.3) is 10.2 Å². The van der Waals surface area contributed by atoms with Crippen molar-refractivity contribution in [1.29, 1.82) is 0 Å². The molecule has 0 spiro atoms. The summed E-state index contributed by atoms with van der Waals surface area (Å²) in [7, 11) is 6.86. The number of thiazole rings is 1. The largest absolute Gasteiger partial charge is 0.495 e. The van der Waals surface area contributed by atoms with Gasteiger partial charge in [0.25, 0.3) is 0 Å². The third-order valence-corrected chi connectivity index (χ3v) is 4.97. The Kier molecular flexibility index (Phi) is 3.82. The highest BCUT2D eigenvalue weighted by Gasteiger charge is 2.35. The first-order valence-corrected chi connectivity index (χ1v) is 7.84. The number of amides is 1. The highest BCUT2D eigenvalue weighted by molar-refractivity contribution is 7.22. The smallest absolute Gasteiger partial charge is 0.228 e. The maximum atomic E-state index is 11.9. The molecule has 7 heteroatoms. The van der Waals surface area contributed by atoms with Crippen LogP contribution in [-0.4, -0.2) is 57.2 Å². The minimum Gasteiger partial charge on any atom is -0.495 e. The average Bonchev–Trinajstić information content (AvgIpc) is 2.88. The predicted molar refractivity (Wildman–Crippen MR) is 87.1 cm³/mol. The summed E-state index contributed by atoms with van der Waals surface area (Å²) in [6.45, 7) is 1.42. The number of rotatable bonds is 4. The van der Waals surface area contributed by atoms with Gasteiger partial charge < -0.3 is 19.3 Å². The van der Waals surface area contributed by atoms with Crippen molar-refractivity contribution in [1.82, 2.24) is 9.88 Å². The molecule has 0 N–H and O–H groups in total. The molecule has 1 saturated heterocycles. The van der Waals surface area contributed by atoms with Gasteiger partial charge in [0, 0.05) is 27.2 Å². The summed E-state index contributed by atoms with van der Waals surface area (Å²) in [5.74, 6) is 1.76. The van der Waals surface area contributed by atoms with E-state index in [4.69, 9.17) is 9.47 Å². The maximum Gasteiger partial charge on any atom is 0.228 e. The molecule has 2 heterocycles. The van der Waals surface area contributed by atoms with Crippen LogP contribution in [0.5, 0.6) is 11.5 Å². The molecule has 0 unspecified atom stereocenters. The Morgan fingerprint density at radius 2 is 1.91 bits per heavy atom. The third-order valence-electron chi connectivity index (χ3n) is 3.84. The van der Waals surface area contributed by atoms with Gasteiger partial charge >= 0.3 is 0 Å². The molecule has 0 aliphatic carbocycles. The lowest BCUT2D eigenvalue weighted by atomic mass is 10.00. The fourth-order valence-corrected chi connectivity index (χ4v) is 3.66. The Hall–Kier alpha value is -2.02. The highest BCUT2D eigenvalue weighted by Crippen LogP contribution is 2.41. The zero-order chi connectivity index (χ0) is 15.9. The second-order valence-electron chi connectivity index (χ2n) is 5.48. The van der Waals surface area contributed by atoms with E-state index in [1.807, 2.05) is 12.1 Å². The first-order chi connectivity index (χ1) is 10.5. The summed E-state index contributed by atoms with van der Waals surface area (Å²) in [6.07, 6.45) is 0. The van der Waals surface area contributed by atoms with Crippen molar-refractivity contribution >= 4 is 32.6 Å². The standard InChI is InChI=1S/C15H19N3O3S/c1-17(2)14(19)9-7-18(8-9)15-16-12-10(20-3)5-6-11(21-4)13(12)22-15/h5-6,9H,7-8H2,1-4H3. The van der Waals surface area contributed by atoms with Crippen molar-refractivity contribution < 1.29 is 14.3 Å². The van der Waals surface area contributed by atoms with Gasteiger partial charge in [-0.3, -0.25) is 4.79 Å². The van der Waals surface area contributed by atoms with Crippen LogP contribution in [0.1, 0.15) is 0 Å². The summed E-state index contributed by atoms with van der Waals surface area (Å²) in [6, 6.07) is 3.75. The van der Waals surface area contributed by atoms with E-state index in [1.54, 1.807) is 44.6 Å². The Labute approximate surface area is 133 Å². The van der Waals surface area contributed by atoms with Crippen LogP contribution in [0.4, 0.5) is 5.13 Å². The molecule has 22 heavy (non-hydrogen) atoms. The van der Waals surface area contributed by atoms with Crippen LogP contribution >= 0.6 is 11.3 Å². The van der Waals surface area contributed by atoms with E-state index in [9.17, 15) is 4.79 Å². The SMILES string of the molecule is COc1ccc(OC)c2sc(N3CC(C(=O)N(C)C)C3)nc12. The molecule has 0 radical (unpaired) electrons. The molecule has 3 rings (SSSR count). The van der Waals surface area contributed by atoms with E-state index < -0.39 is 0 Å². The predicted octanol–water partition coefficient (Wildman–Crippen LogP) is 1.84. The third kappa shape index (κ3) is 2.35. The molecule has 118 valence electrons. The number of fused-ring (bicyclic) bond motifs is 1. The number of carbonyl (C=O) groups excluding carboxylic acids is 1. The number of anilines is 1. The fraction of sp³-hybridized carbons (Fsp3) is 0.467.